The fourth-order valence-corrected chi connectivity index (χ4v) is 6.10. The summed E-state index contributed by atoms with van der Waals surface area (Å²) in [5, 5.41) is 11.3. The van der Waals surface area contributed by atoms with Gasteiger partial charge in [0.05, 0.1) is 12.7 Å². The molecule has 2 saturated heterocycles. The van der Waals surface area contributed by atoms with Gasteiger partial charge in [-0.1, -0.05) is 18.2 Å². The molecule has 4 heterocycles. The van der Waals surface area contributed by atoms with E-state index in [2.05, 4.69) is 43.6 Å². The highest BCUT2D eigenvalue weighted by atomic mass is 16.5. The van der Waals surface area contributed by atoms with E-state index in [4.69, 9.17) is 10.5 Å². The van der Waals surface area contributed by atoms with Crippen LogP contribution in [-0.4, -0.2) is 58.8 Å². The molecule has 2 fully saturated rings. The predicted octanol–water partition coefficient (Wildman–Crippen LogP) is 4.00. The summed E-state index contributed by atoms with van der Waals surface area (Å²) in [6, 6.07) is 17.6. The molecule has 3 N–H and O–H groups in total. The SMILES string of the molecule is COc1ccc(CN2CC3(CCN(c4ccnc5c4ccn5Cc4ccc(C(N)=O)c(O)c4)CC3)C2)cc1. The lowest BCUT2D eigenvalue weighted by Gasteiger charge is -2.54. The molecule has 2 aromatic heterocycles. The van der Waals surface area contributed by atoms with E-state index in [1.807, 2.05) is 30.6 Å². The Morgan fingerprint density at radius 3 is 2.45 bits per heavy atom. The minimum Gasteiger partial charge on any atom is -0.507 e. The Morgan fingerprint density at radius 1 is 1.03 bits per heavy atom. The summed E-state index contributed by atoms with van der Waals surface area (Å²) >= 11 is 0. The molecule has 2 aliphatic heterocycles. The number of amides is 1. The molecule has 4 aromatic rings. The second-order valence-electron chi connectivity index (χ2n) is 10.7. The van der Waals surface area contributed by atoms with Crippen molar-refractivity contribution in [2.24, 2.45) is 11.1 Å². The molecule has 38 heavy (non-hydrogen) atoms. The lowest BCUT2D eigenvalue weighted by atomic mass is 9.71. The van der Waals surface area contributed by atoms with Gasteiger partial charge in [0, 0.05) is 62.7 Å². The number of phenols is 1. The number of piperidine rings is 1. The van der Waals surface area contributed by atoms with E-state index in [1.165, 1.54) is 24.1 Å². The Balaban J connectivity index is 1.10. The maximum atomic E-state index is 11.4. The van der Waals surface area contributed by atoms with Crippen LogP contribution in [0.2, 0.25) is 0 Å². The number of ether oxygens (including phenoxy) is 1. The van der Waals surface area contributed by atoms with Crippen molar-refractivity contribution >= 4 is 22.6 Å². The molecule has 0 atom stereocenters. The Labute approximate surface area is 222 Å². The van der Waals surface area contributed by atoms with Gasteiger partial charge in [0.25, 0.3) is 5.91 Å². The van der Waals surface area contributed by atoms with Crippen LogP contribution in [0.1, 0.15) is 34.3 Å². The Bertz CT molecular complexity index is 1460. The summed E-state index contributed by atoms with van der Waals surface area (Å²) < 4.78 is 7.35. The normalized spacial score (nSPS) is 17.0. The van der Waals surface area contributed by atoms with Gasteiger partial charge in [0.2, 0.25) is 0 Å². The molecule has 2 aromatic carbocycles. The minimum absolute atomic E-state index is 0.0964. The first-order valence-electron chi connectivity index (χ1n) is 13.1. The van der Waals surface area contributed by atoms with Crippen LogP contribution < -0.4 is 15.4 Å². The van der Waals surface area contributed by atoms with Crippen LogP contribution in [0.25, 0.3) is 11.0 Å². The summed E-state index contributed by atoms with van der Waals surface area (Å²) in [4.78, 5) is 21.1. The molecule has 0 unspecified atom stereocenters. The highest BCUT2D eigenvalue weighted by Crippen LogP contribution is 2.42. The number of benzene rings is 2. The second-order valence-corrected chi connectivity index (χ2v) is 10.7. The van der Waals surface area contributed by atoms with Crippen LogP contribution in [0, 0.1) is 5.41 Å². The van der Waals surface area contributed by atoms with Crippen molar-refractivity contribution in [2.45, 2.75) is 25.9 Å². The third kappa shape index (κ3) is 4.56. The zero-order valence-corrected chi connectivity index (χ0v) is 21.6. The number of carbonyl (C=O) groups is 1. The average Bonchev–Trinajstić information content (AvgIpc) is 3.31. The average molecular weight is 512 g/mol. The van der Waals surface area contributed by atoms with Crippen LogP contribution in [0.3, 0.4) is 0 Å². The van der Waals surface area contributed by atoms with E-state index < -0.39 is 5.91 Å². The van der Waals surface area contributed by atoms with E-state index in [9.17, 15) is 9.90 Å². The van der Waals surface area contributed by atoms with Gasteiger partial charge in [-0.15, -0.1) is 0 Å². The number of anilines is 1. The molecule has 8 heteroatoms. The number of nitrogens with two attached hydrogens (primary N) is 1. The maximum absolute atomic E-state index is 11.4. The fourth-order valence-electron chi connectivity index (χ4n) is 6.10. The number of pyridine rings is 1. The van der Waals surface area contributed by atoms with Crippen molar-refractivity contribution < 1.29 is 14.6 Å². The first-order valence-corrected chi connectivity index (χ1v) is 13.1. The standard InChI is InChI=1S/C30H33N5O3/c1-38-23-5-2-21(3-6-23)17-33-19-30(20-33)10-14-34(15-11-30)26-8-12-32-29-24(26)9-13-35(29)18-22-4-7-25(28(31)37)27(36)16-22/h2-9,12-13,16,36H,10-11,14-15,17-20H2,1H3,(H2,31,37). The number of fused-ring (bicyclic) bond motifs is 1. The minimum atomic E-state index is -0.637. The molecule has 0 aliphatic carbocycles. The molecule has 0 radical (unpaired) electrons. The molecule has 6 rings (SSSR count). The zero-order chi connectivity index (χ0) is 26.3. The number of hydrogen-bond acceptors (Lipinski definition) is 6. The molecule has 8 nitrogen and oxygen atoms in total. The number of carbonyl (C=O) groups excluding carboxylic acids is 1. The van der Waals surface area contributed by atoms with Crippen LogP contribution in [0.4, 0.5) is 5.69 Å². The van der Waals surface area contributed by atoms with Gasteiger partial charge in [-0.05, 0) is 65.8 Å². The molecule has 0 saturated carbocycles. The summed E-state index contributed by atoms with van der Waals surface area (Å²) in [6.07, 6.45) is 6.31. The van der Waals surface area contributed by atoms with Crippen molar-refractivity contribution in [2.75, 3.05) is 38.2 Å². The largest absolute Gasteiger partial charge is 0.507 e. The Hall–Kier alpha value is -4.04. The summed E-state index contributed by atoms with van der Waals surface area (Å²) in [5.74, 6) is 0.169. The van der Waals surface area contributed by atoms with E-state index >= 15 is 0 Å². The van der Waals surface area contributed by atoms with E-state index in [1.54, 1.807) is 19.2 Å². The fraction of sp³-hybridized carbons (Fsp3) is 0.333. The number of methoxy groups -OCH3 is 1. The van der Waals surface area contributed by atoms with Crippen LogP contribution in [0.5, 0.6) is 11.5 Å². The Morgan fingerprint density at radius 2 is 1.76 bits per heavy atom. The van der Waals surface area contributed by atoms with Gasteiger partial charge in [-0.3, -0.25) is 9.69 Å². The number of rotatable bonds is 7. The number of nitrogens with zero attached hydrogens (tertiary/aromatic N) is 4. The van der Waals surface area contributed by atoms with Gasteiger partial charge in [-0.25, -0.2) is 4.98 Å². The molecule has 1 amide bonds. The van der Waals surface area contributed by atoms with Crippen molar-refractivity contribution in [1.29, 1.82) is 0 Å². The first-order chi connectivity index (χ1) is 18.4. The molecule has 0 bridgehead atoms. The quantitative estimate of drug-likeness (QED) is 0.389. The van der Waals surface area contributed by atoms with E-state index in [0.29, 0.717) is 12.0 Å². The Kier molecular flexibility index (Phi) is 6.19. The van der Waals surface area contributed by atoms with Crippen molar-refractivity contribution in [1.82, 2.24) is 14.5 Å². The third-order valence-electron chi connectivity index (χ3n) is 8.17. The number of aromatic hydroxyl groups is 1. The smallest absolute Gasteiger partial charge is 0.252 e. The molecule has 196 valence electrons. The van der Waals surface area contributed by atoms with E-state index in [-0.39, 0.29) is 11.3 Å². The van der Waals surface area contributed by atoms with Crippen molar-refractivity contribution in [3.63, 3.8) is 0 Å². The van der Waals surface area contributed by atoms with Crippen molar-refractivity contribution in [3.8, 4) is 11.5 Å². The van der Waals surface area contributed by atoms with Crippen molar-refractivity contribution in [3.05, 3.63) is 83.7 Å². The predicted molar refractivity (Wildman–Crippen MR) is 148 cm³/mol. The summed E-state index contributed by atoms with van der Waals surface area (Å²) in [7, 11) is 1.70. The molecular weight excluding hydrogens is 478 g/mol. The lowest BCUT2D eigenvalue weighted by molar-refractivity contribution is -0.0239. The topological polar surface area (TPSA) is 96.9 Å². The van der Waals surface area contributed by atoms with Crippen LogP contribution in [0.15, 0.2) is 67.0 Å². The second kappa shape index (κ2) is 9.68. The molecular formula is C30H33N5O3. The maximum Gasteiger partial charge on any atom is 0.252 e. The summed E-state index contributed by atoms with van der Waals surface area (Å²) in [6.45, 7) is 5.95. The van der Waals surface area contributed by atoms with Gasteiger partial charge < -0.3 is 25.0 Å². The molecule has 2 aliphatic rings. The zero-order valence-electron chi connectivity index (χ0n) is 21.6. The number of hydrogen-bond donors (Lipinski definition) is 2. The molecule has 1 spiro atoms. The lowest BCUT2D eigenvalue weighted by Crippen LogP contribution is -2.59. The highest BCUT2D eigenvalue weighted by Gasteiger charge is 2.44. The van der Waals surface area contributed by atoms with Crippen LogP contribution >= 0.6 is 0 Å². The van der Waals surface area contributed by atoms with E-state index in [0.717, 1.165) is 55.1 Å². The summed E-state index contributed by atoms with van der Waals surface area (Å²) in [5.41, 5.74) is 10.2. The monoisotopic (exact) mass is 511 g/mol. The van der Waals surface area contributed by atoms with Gasteiger partial charge in [0.15, 0.2) is 0 Å². The highest BCUT2D eigenvalue weighted by molar-refractivity contribution is 5.95. The third-order valence-corrected chi connectivity index (χ3v) is 8.17. The number of aromatic nitrogens is 2. The van der Waals surface area contributed by atoms with Gasteiger partial charge in [0.1, 0.15) is 17.1 Å². The number of primary amides is 1. The van der Waals surface area contributed by atoms with Gasteiger partial charge >= 0.3 is 0 Å². The first kappa shape index (κ1) is 24.3. The number of likely N-dealkylation sites (tertiary alicyclic amines) is 1. The van der Waals surface area contributed by atoms with Gasteiger partial charge in [-0.2, -0.15) is 0 Å². The van der Waals surface area contributed by atoms with Crippen LogP contribution in [-0.2, 0) is 13.1 Å².